The van der Waals surface area contributed by atoms with Crippen molar-refractivity contribution in [1.82, 2.24) is 15.1 Å². The highest BCUT2D eigenvalue weighted by molar-refractivity contribution is 5.95. The lowest BCUT2D eigenvalue weighted by Gasteiger charge is -2.22. The number of aromatic amines is 1. The molecular formula is C15H18N4O. The zero-order chi connectivity index (χ0) is 14.1. The first-order chi connectivity index (χ1) is 9.65. The molecule has 0 radical (unpaired) electrons. The van der Waals surface area contributed by atoms with Gasteiger partial charge >= 0.3 is 0 Å². The molecule has 20 heavy (non-hydrogen) atoms. The molecule has 0 unspecified atom stereocenters. The fourth-order valence-corrected chi connectivity index (χ4v) is 2.36. The van der Waals surface area contributed by atoms with E-state index in [1.165, 1.54) is 0 Å². The molecule has 1 aliphatic carbocycles. The molecule has 3 rings (SSSR count). The maximum atomic E-state index is 12.6. The highest BCUT2D eigenvalue weighted by Gasteiger charge is 2.33. The van der Waals surface area contributed by atoms with Crippen molar-refractivity contribution in [2.75, 3.05) is 5.73 Å². The Balaban J connectivity index is 1.83. The minimum absolute atomic E-state index is 0.0428. The number of rotatable bonds is 4. The van der Waals surface area contributed by atoms with Gasteiger partial charge in [0, 0.05) is 24.0 Å². The van der Waals surface area contributed by atoms with E-state index < -0.39 is 0 Å². The molecule has 0 spiro atoms. The smallest absolute Gasteiger partial charge is 0.257 e. The topological polar surface area (TPSA) is 75.0 Å². The van der Waals surface area contributed by atoms with Crippen LogP contribution in [0, 0.1) is 6.92 Å². The van der Waals surface area contributed by atoms with Crippen molar-refractivity contribution < 1.29 is 4.79 Å². The predicted molar refractivity (Wildman–Crippen MR) is 77.1 cm³/mol. The minimum Gasteiger partial charge on any atom is -0.399 e. The fraction of sp³-hybridized carbons (Fsp3) is 0.333. The Kier molecular flexibility index (Phi) is 3.18. The highest BCUT2D eigenvalue weighted by Crippen LogP contribution is 2.30. The predicted octanol–water partition coefficient (Wildman–Crippen LogP) is 2.11. The molecule has 3 N–H and O–H groups in total. The molecule has 0 saturated heterocycles. The van der Waals surface area contributed by atoms with Gasteiger partial charge in [-0.25, -0.2) is 0 Å². The van der Waals surface area contributed by atoms with Gasteiger partial charge in [0.2, 0.25) is 0 Å². The van der Waals surface area contributed by atoms with Crippen LogP contribution < -0.4 is 5.73 Å². The molecule has 0 aliphatic heterocycles. The van der Waals surface area contributed by atoms with Gasteiger partial charge in [0.15, 0.2) is 0 Å². The van der Waals surface area contributed by atoms with Crippen LogP contribution in [0.3, 0.4) is 0 Å². The van der Waals surface area contributed by atoms with Crippen molar-refractivity contribution in [1.29, 1.82) is 0 Å². The normalized spacial score (nSPS) is 14.2. The summed E-state index contributed by atoms with van der Waals surface area (Å²) < 4.78 is 0. The number of nitrogen functional groups attached to an aromatic ring is 1. The van der Waals surface area contributed by atoms with Gasteiger partial charge in [-0.15, -0.1) is 0 Å². The van der Waals surface area contributed by atoms with E-state index in [9.17, 15) is 4.79 Å². The largest absolute Gasteiger partial charge is 0.399 e. The Labute approximate surface area is 117 Å². The minimum atomic E-state index is 0.0428. The Morgan fingerprint density at radius 3 is 2.90 bits per heavy atom. The third-order valence-electron chi connectivity index (χ3n) is 3.61. The van der Waals surface area contributed by atoms with E-state index in [1.54, 1.807) is 6.20 Å². The number of hydrogen-bond donors (Lipinski definition) is 2. The van der Waals surface area contributed by atoms with E-state index >= 15 is 0 Å². The third-order valence-corrected chi connectivity index (χ3v) is 3.61. The molecule has 1 fully saturated rings. The number of nitrogens with one attached hydrogen (secondary N) is 1. The SMILES string of the molecule is Cc1[nH]ncc1C(=O)N(Cc1cccc(N)c1)C1CC1. The number of amides is 1. The molecule has 1 aromatic carbocycles. The van der Waals surface area contributed by atoms with Crippen LogP contribution in [-0.2, 0) is 6.54 Å². The zero-order valence-corrected chi connectivity index (χ0v) is 11.5. The number of H-pyrrole nitrogens is 1. The van der Waals surface area contributed by atoms with E-state index in [0.717, 1.165) is 29.8 Å². The van der Waals surface area contributed by atoms with Gasteiger partial charge in [-0.3, -0.25) is 9.89 Å². The molecule has 2 aromatic rings. The van der Waals surface area contributed by atoms with E-state index in [1.807, 2.05) is 36.1 Å². The van der Waals surface area contributed by atoms with Crippen molar-refractivity contribution >= 4 is 11.6 Å². The number of hydrogen-bond acceptors (Lipinski definition) is 3. The average Bonchev–Trinajstić information content (AvgIpc) is 3.17. The van der Waals surface area contributed by atoms with Crippen molar-refractivity contribution in [2.45, 2.75) is 32.4 Å². The summed E-state index contributed by atoms with van der Waals surface area (Å²) in [5.41, 5.74) is 9.06. The second-order valence-electron chi connectivity index (χ2n) is 5.32. The van der Waals surface area contributed by atoms with Gasteiger partial charge in [-0.05, 0) is 37.5 Å². The van der Waals surface area contributed by atoms with Crippen molar-refractivity contribution in [3.8, 4) is 0 Å². The van der Waals surface area contributed by atoms with Crippen LogP contribution in [0.4, 0.5) is 5.69 Å². The first kappa shape index (κ1) is 12.7. The number of benzene rings is 1. The summed E-state index contributed by atoms with van der Waals surface area (Å²) in [6, 6.07) is 8.04. The van der Waals surface area contributed by atoms with Crippen molar-refractivity contribution in [3.05, 3.63) is 47.3 Å². The molecular weight excluding hydrogens is 252 g/mol. The lowest BCUT2D eigenvalue weighted by molar-refractivity contribution is 0.0729. The van der Waals surface area contributed by atoms with E-state index in [2.05, 4.69) is 10.2 Å². The van der Waals surface area contributed by atoms with Gasteiger partial charge in [-0.2, -0.15) is 5.10 Å². The molecule has 5 nitrogen and oxygen atoms in total. The van der Waals surface area contributed by atoms with Gasteiger partial charge < -0.3 is 10.6 Å². The molecule has 1 saturated carbocycles. The lowest BCUT2D eigenvalue weighted by atomic mass is 10.1. The first-order valence-electron chi connectivity index (χ1n) is 6.80. The number of aromatic nitrogens is 2. The summed E-state index contributed by atoms with van der Waals surface area (Å²) in [7, 11) is 0. The van der Waals surface area contributed by atoms with Crippen LogP contribution in [-0.4, -0.2) is 27.0 Å². The van der Waals surface area contributed by atoms with Gasteiger partial charge in [0.1, 0.15) is 0 Å². The van der Waals surface area contributed by atoms with E-state index in [0.29, 0.717) is 18.2 Å². The fourth-order valence-electron chi connectivity index (χ4n) is 2.36. The van der Waals surface area contributed by atoms with Crippen LogP contribution >= 0.6 is 0 Å². The van der Waals surface area contributed by atoms with Crippen LogP contribution in [0.2, 0.25) is 0 Å². The molecule has 0 bridgehead atoms. The van der Waals surface area contributed by atoms with E-state index in [-0.39, 0.29) is 5.91 Å². The number of aryl methyl sites for hydroxylation is 1. The first-order valence-corrected chi connectivity index (χ1v) is 6.80. The second kappa shape index (κ2) is 5.00. The standard InChI is InChI=1S/C15H18N4O/c1-10-14(8-17-18-10)15(20)19(13-5-6-13)9-11-3-2-4-12(16)7-11/h2-4,7-8,13H,5-6,9,16H2,1H3,(H,17,18). The van der Waals surface area contributed by atoms with Crippen LogP contribution in [0.15, 0.2) is 30.5 Å². The Hall–Kier alpha value is -2.30. The lowest BCUT2D eigenvalue weighted by Crippen LogP contribution is -2.32. The Morgan fingerprint density at radius 2 is 2.30 bits per heavy atom. The third kappa shape index (κ3) is 2.52. The number of carbonyl (C=O) groups excluding carboxylic acids is 1. The molecule has 1 aliphatic rings. The molecule has 0 atom stereocenters. The summed E-state index contributed by atoms with van der Waals surface area (Å²) in [6.45, 7) is 2.46. The summed E-state index contributed by atoms with van der Waals surface area (Å²) in [5, 5.41) is 6.75. The quantitative estimate of drug-likeness (QED) is 0.835. The highest BCUT2D eigenvalue weighted by atomic mass is 16.2. The molecule has 1 amide bonds. The number of nitrogens with two attached hydrogens (primary N) is 1. The van der Waals surface area contributed by atoms with Gasteiger partial charge in [0.05, 0.1) is 11.8 Å². The number of anilines is 1. The van der Waals surface area contributed by atoms with Crippen LogP contribution in [0.25, 0.3) is 0 Å². The van der Waals surface area contributed by atoms with Gasteiger partial charge in [-0.1, -0.05) is 12.1 Å². The van der Waals surface area contributed by atoms with Crippen molar-refractivity contribution in [2.24, 2.45) is 0 Å². The maximum absolute atomic E-state index is 12.6. The number of carbonyl (C=O) groups is 1. The summed E-state index contributed by atoms with van der Waals surface area (Å²) in [6.07, 6.45) is 3.75. The van der Waals surface area contributed by atoms with Crippen molar-refractivity contribution in [3.63, 3.8) is 0 Å². The monoisotopic (exact) mass is 270 g/mol. The zero-order valence-electron chi connectivity index (χ0n) is 11.5. The van der Waals surface area contributed by atoms with E-state index in [4.69, 9.17) is 5.73 Å². The number of nitrogens with zero attached hydrogens (tertiary/aromatic N) is 2. The van der Waals surface area contributed by atoms with Crippen LogP contribution in [0.1, 0.15) is 34.5 Å². The second-order valence-corrected chi connectivity index (χ2v) is 5.32. The maximum Gasteiger partial charge on any atom is 0.257 e. The van der Waals surface area contributed by atoms with Crippen LogP contribution in [0.5, 0.6) is 0 Å². The summed E-state index contributed by atoms with van der Waals surface area (Å²) >= 11 is 0. The summed E-state index contributed by atoms with van der Waals surface area (Å²) in [4.78, 5) is 14.6. The summed E-state index contributed by atoms with van der Waals surface area (Å²) in [5.74, 6) is 0.0428. The Morgan fingerprint density at radius 1 is 1.50 bits per heavy atom. The molecule has 104 valence electrons. The molecule has 1 aromatic heterocycles. The Bertz CT molecular complexity index is 630. The van der Waals surface area contributed by atoms with Gasteiger partial charge in [0.25, 0.3) is 5.91 Å². The molecule has 1 heterocycles. The average molecular weight is 270 g/mol. The molecule has 5 heteroatoms.